The summed E-state index contributed by atoms with van der Waals surface area (Å²) < 4.78 is 6.24. The molecule has 0 aliphatic heterocycles. The van der Waals surface area contributed by atoms with Gasteiger partial charge in [0.2, 0.25) is 0 Å². The highest BCUT2D eigenvalue weighted by molar-refractivity contribution is 9.10. The first-order valence-electron chi connectivity index (χ1n) is 3.87. The summed E-state index contributed by atoms with van der Waals surface area (Å²) in [5, 5.41) is 0.611. The van der Waals surface area contributed by atoms with Gasteiger partial charge in [-0.1, -0.05) is 6.07 Å². The van der Waals surface area contributed by atoms with Gasteiger partial charge >= 0.3 is 0 Å². The Morgan fingerprint density at radius 1 is 1.38 bits per heavy atom. The Kier molecular flexibility index (Phi) is 1.96. The van der Waals surface area contributed by atoms with Crippen LogP contribution in [0.15, 0.2) is 37.9 Å². The van der Waals surface area contributed by atoms with E-state index in [1.807, 2.05) is 12.1 Å². The molecule has 13 heavy (non-hydrogen) atoms. The van der Waals surface area contributed by atoms with E-state index >= 15 is 0 Å². The molecule has 0 aliphatic rings. The van der Waals surface area contributed by atoms with Crippen LogP contribution in [0, 0.1) is 6.92 Å². The van der Waals surface area contributed by atoms with E-state index in [1.165, 1.54) is 6.07 Å². The Bertz CT molecular complexity index is 514. The van der Waals surface area contributed by atoms with Crippen LogP contribution in [0.5, 0.6) is 0 Å². The van der Waals surface area contributed by atoms with Crippen molar-refractivity contribution in [2.24, 2.45) is 0 Å². The van der Waals surface area contributed by atoms with E-state index in [0.29, 0.717) is 16.7 Å². The molecule has 0 fully saturated rings. The van der Waals surface area contributed by atoms with Crippen molar-refractivity contribution in [3.8, 4) is 0 Å². The molecule has 1 aromatic carbocycles. The number of halogens is 1. The van der Waals surface area contributed by atoms with Crippen molar-refractivity contribution < 1.29 is 4.42 Å². The number of aryl methyl sites for hydroxylation is 1. The first-order chi connectivity index (χ1) is 6.18. The molecule has 0 amide bonds. The Labute approximate surface area is 83.3 Å². The predicted octanol–water partition coefficient (Wildman–Crippen LogP) is 2.86. The third kappa shape index (κ3) is 1.40. The standard InChI is InChI=1S/C10H7BrO2/c1-6-5-9(12)7-3-2-4-8(11)10(7)13-6/h2-5H,1H3. The molecule has 1 heterocycles. The van der Waals surface area contributed by atoms with Gasteiger partial charge in [-0.25, -0.2) is 0 Å². The molecule has 66 valence electrons. The molecule has 0 unspecified atom stereocenters. The summed E-state index contributed by atoms with van der Waals surface area (Å²) in [6, 6.07) is 6.92. The minimum atomic E-state index is 0.0000463. The molecule has 0 N–H and O–H groups in total. The van der Waals surface area contributed by atoms with E-state index in [-0.39, 0.29) is 5.43 Å². The Balaban J connectivity index is 3.03. The van der Waals surface area contributed by atoms with E-state index in [0.717, 1.165) is 4.47 Å². The fourth-order valence-corrected chi connectivity index (χ4v) is 1.71. The average Bonchev–Trinajstić information content (AvgIpc) is 2.07. The summed E-state index contributed by atoms with van der Waals surface area (Å²) >= 11 is 3.33. The van der Waals surface area contributed by atoms with Crippen LogP contribution in [0.4, 0.5) is 0 Å². The maximum Gasteiger partial charge on any atom is 0.192 e. The summed E-state index contributed by atoms with van der Waals surface area (Å²) in [7, 11) is 0. The summed E-state index contributed by atoms with van der Waals surface area (Å²) in [6.07, 6.45) is 0. The predicted molar refractivity (Wildman–Crippen MR) is 54.9 cm³/mol. The SMILES string of the molecule is Cc1cc(=O)c2cccc(Br)c2o1. The normalized spacial score (nSPS) is 10.6. The third-order valence-corrected chi connectivity index (χ3v) is 2.45. The summed E-state index contributed by atoms with van der Waals surface area (Å²) in [4.78, 5) is 11.5. The first kappa shape index (κ1) is 8.51. The van der Waals surface area contributed by atoms with Gasteiger partial charge in [0, 0.05) is 6.07 Å². The van der Waals surface area contributed by atoms with Gasteiger partial charge in [-0.15, -0.1) is 0 Å². The van der Waals surface area contributed by atoms with E-state index in [4.69, 9.17) is 4.42 Å². The lowest BCUT2D eigenvalue weighted by Crippen LogP contribution is -1.99. The highest BCUT2D eigenvalue weighted by Crippen LogP contribution is 2.21. The molecule has 3 heteroatoms. The average molecular weight is 239 g/mol. The minimum absolute atomic E-state index is 0.0000463. The number of hydrogen-bond acceptors (Lipinski definition) is 2. The van der Waals surface area contributed by atoms with E-state index in [9.17, 15) is 4.79 Å². The molecule has 0 bridgehead atoms. The zero-order valence-corrected chi connectivity index (χ0v) is 8.59. The van der Waals surface area contributed by atoms with Gasteiger partial charge in [0.1, 0.15) is 5.76 Å². The van der Waals surface area contributed by atoms with Crippen molar-refractivity contribution in [2.45, 2.75) is 6.92 Å². The second kappa shape index (κ2) is 3.00. The second-order valence-corrected chi connectivity index (χ2v) is 3.69. The van der Waals surface area contributed by atoms with Gasteiger partial charge in [-0.05, 0) is 35.0 Å². The molecule has 0 radical (unpaired) electrons. The van der Waals surface area contributed by atoms with Crippen molar-refractivity contribution in [1.29, 1.82) is 0 Å². The van der Waals surface area contributed by atoms with Crippen LogP contribution in [-0.4, -0.2) is 0 Å². The van der Waals surface area contributed by atoms with E-state index in [2.05, 4.69) is 15.9 Å². The van der Waals surface area contributed by atoms with Crippen LogP contribution in [-0.2, 0) is 0 Å². The van der Waals surface area contributed by atoms with Crippen molar-refractivity contribution in [3.63, 3.8) is 0 Å². The number of hydrogen-bond donors (Lipinski definition) is 0. The van der Waals surface area contributed by atoms with Crippen LogP contribution in [0.2, 0.25) is 0 Å². The Hall–Kier alpha value is -1.09. The van der Waals surface area contributed by atoms with Crippen molar-refractivity contribution in [3.05, 3.63) is 44.7 Å². The van der Waals surface area contributed by atoms with E-state index < -0.39 is 0 Å². The molecular weight excluding hydrogens is 232 g/mol. The molecule has 1 aromatic heterocycles. The Morgan fingerprint density at radius 3 is 2.92 bits per heavy atom. The zero-order chi connectivity index (χ0) is 9.42. The molecule has 2 nitrogen and oxygen atoms in total. The quantitative estimate of drug-likeness (QED) is 0.707. The minimum Gasteiger partial charge on any atom is -0.460 e. The van der Waals surface area contributed by atoms with Gasteiger partial charge in [0.15, 0.2) is 11.0 Å². The highest BCUT2D eigenvalue weighted by Gasteiger charge is 2.04. The summed E-state index contributed by atoms with van der Waals surface area (Å²) in [5.41, 5.74) is 0.618. The molecular formula is C10H7BrO2. The largest absolute Gasteiger partial charge is 0.460 e. The van der Waals surface area contributed by atoms with Crippen molar-refractivity contribution in [1.82, 2.24) is 0 Å². The summed E-state index contributed by atoms with van der Waals surface area (Å²) in [5.74, 6) is 0.629. The highest BCUT2D eigenvalue weighted by atomic mass is 79.9. The lowest BCUT2D eigenvalue weighted by atomic mass is 10.2. The van der Waals surface area contributed by atoms with Gasteiger partial charge in [0.25, 0.3) is 0 Å². The number of fused-ring (bicyclic) bond motifs is 1. The molecule has 0 spiro atoms. The smallest absolute Gasteiger partial charge is 0.192 e. The zero-order valence-electron chi connectivity index (χ0n) is 7.00. The van der Waals surface area contributed by atoms with Crippen LogP contribution >= 0.6 is 15.9 Å². The monoisotopic (exact) mass is 238 g/mol. The fourth-order valence-electron chi connectivity index (χ4n) is 1.26. The van der Waals surface area contributed by atoms with Crippen LogP contribution in [0.1, 0.15) is 5.76 Å². The first-order valence-corrected chi connectivity index (χ1v) is 4.67. The molecule has 0 aliphatic carbocycles. The van der Waals surface area contributed by atoms with Gasteiger partial charge in [-0.3, -0.25) is 4.79 Å². The van der Waals surface area contributed by atoms with Crippen molar-refractivity contribution in [2.75, 3.05) is 0 Å². The topological polar surface area (TPSA) is 30.2 Å². The molecule has 0 saturated carbocycles. The lowest BCUT2D eigenvalue weighted by molar-refractivity contribution is 0.563. The Morgan fingerprint density at radius 2 is 2.15 bits per heavy atom. The number of rotatable bonds is 0. The van der Waals surface area contributed by atoms with Gasteiger partial charge < -0.3 is 4.42 Å². The maximum absolute atomic E-state index is 11.5. The van der Waals surface area contributed by atoms with Gasteiger partial charge in [0.05, 0.1) is 9.86 Å². The third-order valence-electron chi connectivity index (χ3n) is 1.83. The summed E-state index contributed by atoms with van der Waals surface area (Å²) in [6.45, 7) is 1.76. The van der Waals surface area contributed by atoms with Crippen LogP contribution in [0.3, 0.4) is 0 Å². The lowest BCUT2D eigenvalue weighted by Gasteiger charge is -1.99. The van der Waals surface area contributed by atoms with Crippen LogP contribution < -0.4 is 5.43 Å². The maximum atomic E-state index is 11.5. The second-order valence-electron chi connectivity index (χ2n) is 2.84. The fraction of sp³-hybridized carbons (Fsp3) is 0.100. The molecule has 2 rings (SSSR count). The van der Waals surface area contributed by atoms with Gasteiger partial charge in [-0.2, -0.15) is 0 Å². The molecule has 0 atom stereocenters. The van der Waals surface area contributed by atoms with E-state index in [1.54, 1.807) is 13.0 Å². The molecule has 0 saturated heterocycles. The number of para-hydroxylation sites is 1. The van der Waals surface area contributed by atoms with Crippen molar-refractivity contribution >= 4 is 26.9 Å². The van der Waals surface area contributed by atoms with Crippen LogP contribution in [0.25, 0.3) is 11.0 Å². The number of benzene rings is 1. The molecule has 2 aromatic rings.